The minimum atomic E-state index is -0.849. The lowest BCUT2D eigenvalue weighted by Crippen LogP contribution is -2.44. The number of pyridine rings is 1. The van der Waals surface area contributed by atoms with E-state index in [9.17, 15) is 14.8 Å². The van der Waals surface area contributed by atoms with Gasteiger partial charge in [-0.2, -0.15) is 9.63 Å². The van der Waals surface area contributed by atoms with Crippen LogP contribution in [0.4, 0.5) is 15.3 Å². The predicted molar refractivity (Wildman–Crippen MR) is 111 cm³/mol. The molecule has 2 amide bonds. The number of fused-ring (bicyclic) bond motifs is 1. The van der Waals surface area contributed by atoms with Crippen LogP contribution < -0.4 is 9.63 Å². The predicted octanol–water partition coefficient (Wildman–Crippen LogP) is 4.75. The van der Waals surface area contributed by atoms with E-state index < -0.39 is 23.4 Å². The molecule has 0 aliphatic carbocycles. The van der Waals surface area contributed by atoms with Crippen molar-refractivity contribution in [2.24, 2.45) is 0 Å². The average molecular weight is 486 g/mol. The molecule has 7 nitrogen and oxygen atoms in total. The quantitative estimate of drug-likeness (QED) is 0.330. The molecule has 2 aromatic rings. The highest BCUT2D eigenvalue weighted by atomic mass is 127. The van der Waals surface area contributed by atoms with E-state index in [1.54, 1.807) is 65.8 Å². The average Bonchev–Trinajstić information content (AvgIpc) is 2.42. The second kappa shape index (κ2) is 7.49. The van der Waals surface area contributed by atoms with Crippen molar-refractivity contribution in [1.82, 2.24) is 0 Å². The van der Waals surface area contributed by atoms with Gasteiger partial charge < -0.3 is 14.7 Å². The molecule has 2 rings (SSSR count). The number of nitrogens with zero attached hydrogens (tertiary/aromatic N) is 2. The molecule has 0 saturated carbocycles. The molecule has 0 bridgehead atoms. The van der Waals surface area contributed by atoms with Crippen LogP contribution >= 0.6 is 22.6 Å². The van der Waals surface area contributed by atoms with Crippen LogP contribution in [0.15, 0.2) is 30.5 Å². The molecular formula is C19H23IN2O5. The Morgan fingerprint density at radius 3 is 2.04 bits per heavy atom. The normalized spacial score (nSPS) is 12.0. The maximum absolute atomic E-state index is 12.7. The highest BCUT2D eigenvalue weighted by Crippen LogP contribution is 2.28. The third-order valence-electron chi connectivity index (χ3n) is 3.21. The maximum atomic E-state index is 12.7. The number of carbonyl (C=O) groups excluding carboxylic acids is 2. The molecule has 0 aliphatic heterocycles. The van der Waals surface area contributed by atoms with Gasteiger partial charge in [-0.25, -0.2) is 9.59 Å². The Bertz CT molecular complexity index is 856. The fourth-order valence-electron chi connectivity index (χ4n) is 2.29. The molecule has 1 aromatic heterocycles. The molecule has 0 spiro atoms. The molecule has 0 fully saturated rings. The Morgan fingerprint density at radius 2 is 1.56 bits per heavy atom. The summed E-state index contributed by atoms with van der Waals surface area (Å²) in [5.41, 5.74) is -0.865. The summed E-state index contributed by atoms with van der Waals surface area (Å²) >= 11 is 1.99. The Labute approximate surface area is 172 Å². The Hall–Kier alpha value is -2.10. The summed E-state index contributed by atoms with van der Waals surface area (Å²) < 4.78 is 12.1. The highest BCUT2D eigenvalue weighted by molar-refractivity contribution is 14.1. The first-order chi connectivity index (χ1) is 12.3. The van der Waals surface area contributed by atoms with Crippen molar-refractivity contribution >= 4 is 51.4 Å². The lowest BCUT2D eigenvalue weighted by atomic mass is 10.2. The SMILES string of the molecule is CC(C)(C)OC(=O)N(C(=O)OC(C)(C)C)c1cc(I)c2c(ccc[n+]2[O-])c1. The van der Waals surface area contributed by atoms with E-state index in [-0.39, 0.29) is 5.69 Å². The van der Waals surface area contributed by atoms with Crippen molar-refractivity contribution in [3.05, 3.63) is 39.2 Å². The van der Waals surface area contributed by atoms with E-state index in [2.05, 4.69) is 0 Å². The number of benzene rings is 1. The summed E-state index contributed by atoms with van der Waals surface area (Å²) in [4.78, 5) is 26.3. The van der Waals surface area contributed by atoms with Crippen molar-refractivity contribution in [1.29, 1.82) is 0 Å². The number of hydrogen-bond acceptors (Lipinski definition) is 5. The standard InChI is InChI=1S/C19H23IN2O5/c1-18(2,3)26-16(23)22(17(24)27-19(4,5)6)13-10-12-8-7-9-21(25)15(12)14(20)11-13/h7-11H,1-6H3. The Balaban J connectivity index is 2.57. The van der Waals surface area contributed by atoms with Gasteiger partial charge in [0, 0.05) is 6.07 Å². The summed E-state index contributed by atoms with van der Waals surface area (Å²) in [6.07, 6.45) is -0.306. The van der Waals surface area contributed by atoms with Gasteiger partial charge in [-0.05, 0) is 82.3 Å². The van der Waals surface area contributed by atoms with E-state index in [0.29, 0.717) is 14.5 Å². The molecular weight excluding hydrogens is 463 g/mol. The molecule has 0 atom stereocenters. The number of ether oxygens (including phenoxy) is 2. The second-order valence-electron chi connectivity index (χ2n) is 8.00. The fraction of sp³-hybridized carbons (Fsp3) is 0.421. The fourth-order valence-corrected chi connectivity index (χ4v) is 3.16. The van der Waals surface area contributed by atoms with Crippen LogP contribution in [0.3, 0.4) is 0 Å². The Kier molecular flexibility index (Phi) is 5.88. The van der Waals surface area contributed by atoms with Crippen LogP contribution in [0.25, 0.3) is 10.9 Å². The van der Waals surface area contributed by atoms with Crippen molar-refractivity contribution in [3.63, 3.8) is 0 Å². The first-order valence-electron chi connectivity index (χ1n) is 8.36. The number of aromatic nitrogens is 1. The van der Waals surface area contributed by atoms with Crippen LogP contribution in [0.1, 0.15) is 41.5 Å². The summed E-state index contributed by atoms with van der Waals surface area (Å²) in [6, 6.07) is 6.49. The topological polar surface area (TPSA) is 82.8 Å². The first kappa shape index (κ1) is 21.2. The minimum absolute atomic E-state index is 0.265. The summed E-state index contributed by atoms with van der Waals surface area (Å²) in [5.74, 6) is 0. The van der Waals surface area contributed by atoms with Gasteiger partial charge in [0.15, 0.2) is 6.20 Å². The number of imide groups is 1. The number of hydrogen-bond donors (Lipinski definition) is 0. The molecule has 0 radical (unpaired) electrons. The van der Waals surface area contributed by atoms with Gasteiger partial charge in [-0.3, -0.25) is 0 Å². The van der Waals surface area contributed by atoms with Crippen molar-refractivity contribution < 1.29 is 23.8 Å². The minimum Gasteiger partial charge on any atom is -0.618 e. The van der Waals surface area contributed by atoms with Gasteiger partial charge in [-0.15, -0.1) is 0 Å². The zero-order valence-corrected chi connectivity index (χ0v) is 18.4. The lowest BCUT2D eigenvalue weighted by molar-refractivity contribution is -0.577. The third-order valence-corrected chi connectivity index (χ3v) is 4.03. The third kappa shape index (κ3) is 5.44. The van der Waals surface area contributed by atoms with E-state index in [4.69, 9.17) is 9.47 Å². The maximum Gasteiger partial charge on any atom is 0.424 e. The number of amides is 2. The second-order valence-corrected chi connectivity index (χ2v) is 9.16. The van der Waals surface area contributed by atoms with Gasteiger partial charge in [0.2, 0.25) is 5.52 Å². The molecule has 8 heteroatoms. The van der Waals surface area contributed by atoms with Crippen LogP contribution in [0, 0.1) is 8.78 Å². The molecule has 1 heterocycles. The zero-order chi connectivity index (χ0) is 20.6. The number of carbonyl (C=O) groups is 2. The van der Waals surface area contributed by atoms with Crippen LogP contribution in [0.2, 0.25) is 0 Å². The van der Waals surface area contributed by atoms with E-state index in [1.807, 2.05) is 22.6 Å². The Morgan fingerprint density at radius 1 is 1.04 bits per heavy atom. The summed E-state index contributed by atoms with van der Waals surface area (Å²) in [5, 5.41) is 12.6. The first-order valence-corrected chi connectivity index (χ1v) is 9.44. The van der Waals surface area contributed by atoms with Gasteiger partial charge in [-0.1, -0.05) is 0 Å². The van der Waals surface area contributed by atoms with Crippen LogP contribution in [0.5, 0.6) is 0 Å². The molecule has 1 aromatic carbocycles. The molecule has 0 unspecified atom stereocenters. The van der Waals surface area contributed by atoms with Gasteiger partial charge in [0.25, 0.3) is 0 Å². The summed E-state index contributed by atoms with van der Waals surface area (Å²) in [7, 11) is 0. The van der Waals surface area contributed by atoms with Gasteiger partial charge in [0.1, 0.15) is 11.2 Å². The molecule has 0 N–H and O–H groups in total. The largest absolute Gasteiger partial charge is 0.618 e. The van der Waals surface area contributed by atoms with Crippen molar-refractivity contribution in [2.75, 3.05) is 4.90 Å². The van der Waals surface area contributed by atoms with Gasteiger partial charge >= 0.3 is 12.2 Å². The van der Waals surface area contributed by atoms with Crippen LogP contribution in [-0.2, 0) is 9.47 Å². The van der Waals surface area contributed by atoms with E-state index in [1.165, 1.54) is 6.20 Å². The summed E-state index contributed by atoms with van der Waals surface area (Å²) in [6.45, 7) is 10.3. The number of halogens is 1. The number of anilines is 1. The molecule has 146 valence electrons. The van der Waals surface area contributed by atoms with Crippen molar-refractivity contribution in [2.45, 2.75) is 52.7 Å². The smallest absolute Gasteiger partial charge is 0.424 e. The highest BCUT2D eigenvalue weighted by Gasteiger charge is 2.33. The van der Waals surface area contributed by atoms with Gasteiger partial charge in [0.05, 0.1) is 14.6 Å². The number of rotatable bonds is 1. The van der Waals surface area contributed by atoms with E-state index in [0.717, 1.165) is 9.63 Å². The zero-order valence-electron chi connectivity index (χ0n) is 16.2. The van der Waals surface area contributed by atoms with Crippen LogP contribution in [-0.4, -0.2) is 23.4 Å². The molecule has 0 saturated heterocycles. The lowest BCUT2D eigenvalue weighted by Gasteiger charge is -2.28. The molecule has 0 aliphatic rings. The van der Waals surface area contributed by atoms with E-state index >= 15 is 0 Å². The molecule has 27 heavy (non-hydrogen) atoms. The van der Waals surface area contributed by atoms with Crippen molar-refractivity contribution in [3.8, 4) is 0 Å². The monoisotopic (exact) mass is 486 g/mol.